The predicted octanol–water partition coefficient (Wildman–Crippen LogP) is 2.11. The summed E-state index contributed by atoms with van der Waals surface area (Å²) in [6.07, 6.45) is 5.24. The van der Waals surface area contributed by atoms with Crippen LogP contribution in [0.4, 0.5) is 10.2 Å². The zero-order valence-corrected chi connectivity index (χ0v) is 20.1. The van der Waals surface area contributed by atoms with Crippen LogP contribution in [0.2, 0.25) is 0 Å². The number of hydroxylamine groups is 2. The number of anilines is 1. The van der Waals surface area contributed by atoms with Gasteiger partial charge >= 0.3 is 0 Å². The number of amides is 2. The SMILES string of the molecule is Cc1nc(CNC(=O)[C@H](CC2CCCC2)CN(O)C=O)c(F)c(N2CCN(C)[C@@H](C)[C@@H]2C)n1. The third-order valence-electron chi connectivity index (χ3n) is 7.29. The van der Waals surface area contributed by atoms with Gasteiger partial charge in [0.15, 0.2) is 11.6 Å². The van der Waals surface area contributed by atoms with Crippen molar-refractivity contribution in [2.45, 2.75) is 71.5 Å². The third-order valence-corrected chi connectivity index (χ3v) is 7.29. The van der Waals surface area contributed by atoms with Gasteiger partial charge in [-0.2, -0.15) is 0 Å². The van der Waals surface area contributed by atoms with E-state index in [2.05, 4.69) is 41.1 Å². The van der Waals surface area contributed by atoms with Crippen molar-refractivity contribution < 1.29 is 19.2 Å². The maximum atomic E-state index is 15.5. The van der Waals surface area contributed by atoms with Gasteiger partial charge in [-0.1, -0.05) is 25.7 Å². The van der Waals surface area contributed by atoms with Crippen LogP contribution in [0.5, 0.6) is 0 Å². The molecule has 1 aromatic heterocycles. The minimum atomic E-state index is -0.563. The van der Waals surface area contributed by atoms with Crippen LogP contribution < -0.4 is 10.2 Å². The lowest BCUT2D eigenvalue weighted by molar-refractivity contribution is -0.155. The molecule has 3 rings (SSSR count). The molecule has 0 unspecified atom stereocenters. The van der Waals surface area contributed by atoms with Gasteiger partial charge in [0.2, 0.25) is 12.3 Å². The summed E-state index contributed by atoms with van der Waals surface area (Å²) in [5.74, 6) is -0.294. The smallest absolute Gasteiger partial charge is 0.233 e. The van der Waals surface area contributed by atoms with E-state index in [1.807, 2.05) is 4.90 Å². The number of nitrogens with zero attached hydrogens (tertiary/aromatic N) is 5. The van der Waals surface area contributed by atoms with Crippen LogP contribution in [-0.4, -0.2) is 76.2 Å². The highest BCUT2D eigenvalue weighted by molar-refractivity contribution is 5.79. The highest BCUT2D eigenvalue weighted by Crippen LogP contribution is 2.31. The molecule has 33 heavy (non-hydrogen) atoms. The zero-order valence-electron chi connectivity index (χ0n) is 20.1. The largest absolute Gasteiger partial charge is 0.350 e. The average Bonchev–Trinajstić information content (AvgIpc) is 3.30. The number of rotatable bonds is 9. The molecule has 1 aliphatic heterocycles. The van der Waals surface area contributed by atoms with Crippen molar-refractivity contribution in [2.75, 3.05) is 31.6 Å². The number of halogens is 1. The van der Waals surface area contributed by atoms with Gasteiger partial charge in [-0.25, -0.2) is 19.4 Å². The van der Waals surface area contributed by atoms with Crippen molar-refractivity contribution in [3.05, 3.63) is 17.3 Å². The van der Waals surface area contributed by atoms with E-state index < -0.39 is 11.7 Å². The summed E-state index contributed by atoms with van der Waals surface area (Å²) in [7, 11) is 2.06. The van der Waals surface area contributed by atoms with E-state index >= 15 is 4.39 Å². The molecule has 1 aliphatic carbocycles. The first-order chi connectivity index (χ1) is 15.7. The Kier molecular flexibility index (Phi) is 8.58. The Hall–Kier alpha value is -2.33. The van der Waals surface area contributed by atoms with Crippen LogP contribution in [0.1, 0.15) is 57.5 Å². The lowest BCUT2D eigenvalue weighted by Gasteiger charge is -2.44. The quantitative estimate of drug-likeness (QED) is 0.328. The van der Waals surface area contributed by atoms with E-state index in [0.29, 0.717) is 36.2 Å². The molecule has 1 aromatic rings. The summed E-state index contributed by atoms with van der Waals surface area (Å²) in [4.78, 5) is 36.6. The molecule has 9 nitrogen and oxygen atoms in total. The topological polar surface area (TPSA) is 102 Å². The van der Waals surface area contributed by atoms with Crippen molar-refractivity contribution in [1.29, 1.82) is 0 Å². The molecule has 0 aromatic carbocycles. The Morgan fingerprint density at radius 2 is 1.97 bits per heavy atom. The second-order valence-corrected chi connectivity index (χ2v) is 9.54. The zero-order chi connectivity index (χ0) is 24.1. The number of aryl methyl sites for hydroxylation is 1. The molecule has 2 aliphatic rings. The highest BCUT2D eigenvalue weighted by Gasteiger charge is 2.32. The Bertz CT molecular complexity index is 835. The van der Waals surface area contributed by atoms with Gasteiger partial charge in [-0.05, 0) is 40.2 Å². The second kappa shape index (κ2) is 11.2. The summed E-state index contributed by atoms with van der Waals surface area (Å²) in [5, 5.41) is 12.9. The molecular weight excluding hydrogens is 427 g/mol. The Balaban J connectivity index is 1.72. The molecule has 2 N–H and O–H groups in total. The number of piperazine rings is 1. The molecule has 10 heteroatoms. The van der Waals surface area contributed by atoms with Crippen LogP contribution in [-0.2, 0) is 16.1 Å². The Morgan fingerprint density at radius 3 is 2.64 bits per heavy atom. The standard InChI is InChI=1S/C23H37FN6O3/c1-15-16(2)30(10-9-28(15)4)22-21(24)20(26-17(3)27-22)12-25-23(32)19(13-29(33)14-31)11-18-7-5-6-8-18/h14-16,18-19,33H,5-13H2,1-4H3,(H,25,32)/t15-,16-,19+/m0/s1. The normalized spacial score (nSPS) is 22.9. The number of hydrogen-bond acceptors (Lipinski definition) is 7. The molecule has 1 saturated heterocycles. The maximum absolute atomic E-state index is 15.5. The van der Waals surface area contributed by atoms with Crippen molar-refractivity contribution >= 4 is 18.1 Å². The summed E-state index contributed by atoms with van der Waals surface area (Å²) in [5.41, 5.74) is 0.139. The van der Waals surface area contributed by atoms with Crippen molar-refractivity contribution in [1.82, 2.24) is 25.2 Å². The van der Waals surface area contributed by atoms with Gasteiger partial charge in [0, 0.05) is 25.2 Å². The number of likely N-dealkylation sites (N-methyl/N-ethyl adjacent to an activating group) is 1. The second-order valence-electron chi connectivity index (χ2n) is 9.54. The van der Waals surface area contributed by atoms with E-state index in [0.717, 1.165) is 32.2 Å². The summed E-state index contributed by atoms with van der Waals surface area (Å²) < 4.78 is 15.5. The van der Waals surface area contributed by atoms with Crippen LogP contribution >= 0.6 is 0 Å². The van der Waals surface area contributed by atoms with Crippen molar-refractivity contribution in [3.8, 4) is 0 Å². The number of carbonyl (C=O) groups excluding carboxylic acids is 2. The van der Waals surface area contributed by atoms with Gasteiger partial charge in [0.1, 0.15) is 11.5 Å². The fourth-order valence-corrected chi connectivity index (χ4v) is 5.01. The molecule has 0 spiro atoms. The molecule has 2 amide bonds. The Labute approximate surface area is 195 Å². The molecule has 1 saturated carbocycles. The minimum absolute atomic E-state index is 0.0738. The monoisotopic (exact) mass is 464 g/mol. The lowest BCUT2D eigenvalue weighted by Crippen LogP contribution is -2.56. The summed E-state index contributed by atoms with van der Waals surface area (Å²) >= 11 is 0. The average molecular weight is 465 g/mol. The number of carbonyl (C=O) groups is 2. The lowest BCUT2D eigenvalue weighted by atomic mass is 9.92. The van der Waals surface area contributed by atoms with E-state index in [4.69, 9.17) is 0 Å². The van der Waals surface area contributed by atoms with Gasteiger partial charge in [0.05, 0.1) is 19.0 Å². The first-order valence-electron chi connectivity index (χ1n) is 11.9. The number of aromatic nitrogens is 2. The van der Waals surface area contributed by atoms with Crippen molar-refractivity contribution in [2.24, 2.45) is 11.8 Å². The summed E-state index contributed by atoms with van der Waals surface area (Å²) in [6.45, 7) is 7.18. The van der Waals surface area contributed by atoms with E-state index in [1.165, 1.54) is 0 Å². The minimum Gasteiger partial charge on any atom is -0.350 e. The van der Waals surface area contributed by atoms with Gasteiger partial charge < -0.3 is 10.2 Å². The number of nitrogens with one attached hydrogen (secondary N) is 1. The molecule has 184 valence electrons. The third kappa shape index (κ3) is 6.17. The van der Waals surface area contributed by atoms with Crippen LogP contribution in [0.15, 0.2) is 0 Å². The molecule has 0 radical (unpaired) electrons. The molecule has 3 atom stereocenters. The molecule has 0 bridgehead atoms. The summed E-state index contributed by atoms with van der Waals surface area (Å²) in [6, 6.07) is 0.317. The van der Waals surface area contributed by atoms with E-state index in [-0.39, 0.29) is 42.6 Å². The van der Waals surface area contributed by atoms with E-state index in [9.17, 15) is 14.8 Å². The fourth-order valence-electron chi connectivity index (χ4n) is 5.01. The van der Waals surface area contributed by atoms with Crippen LogP contribution in [0.25, 0.3) is 0 Å². The van der Waals surface area contributed by atoms with Gasteiger partial charge in [-0.3, -0.25) is 19.7 Å². The predicted molar refractivity (Wildman–Crippen MR) is 122 cm³/mol. The number of hydrogen-bond donors (Lipinski definition) is 2. The van der Waals surface area contributed by atoms with E-state index in [1.54, 1.807) is 6.92 Å². The first-order valence-corrected chi connectivity index (χ1v) is 11.9. The first kappa shape index (κ1) is 25.3. The highest BCUT2D eigenvalue weighted by atomic mass is 19.1. The fraction of sp³-hybridized carbons (Fsp3) is 0.739. The molecule has 2 fully saturated rings. The van der Waals surface area contributed by atoms with Crippen molar-refractivity contribution in [3.63, 3.8) is 0 Å². The van der Waals surface area contributed by atoms with Crippen LogP contribution in [0.3, 0.4) is 0 Å². The molecule has 2 heterocycles. The Morgan fingerprint density at radius 1 is 1.27 bits per heavy atom. The van der Waals surface area contributed by atoms with Crippen LogP contribution in [0, 0.1) is 24.6 Å². The van der Waals surface area contributed by atoms with Gasteiger partial charge in [-0.15, -0.1) is 0 Å². The molecular formula is C23H37FN6O3. The van der Waals surface area contributed by atoms with Gasteiger partial charge in [0.25, 0.3) is 0 Å². The maximum Gasteiger partial charge on any atom is 0.233 e.